The minimum Gasteiger partial charge on any atom is -0.432 e. The number of nitrogen functional groups attached to an aromatic ring is 1. The van der Waals surface area contributed by atoms with Crippen molar-refractivity contribution >= 4 is 34.8 Å². The van der Waals surface area contributed by atoms with Crippen molar-refractivity contribution in [2.24, 2.45) is 0 Å². The fourth-order valence-electron chi connectivity index (χ4n) is 1.42. The summed E-state index contributed by atoms with van der Waals surface area (Å²) in [5, 5.41) is 28.2. The predicted octanol–water partition coefficient (Wildman–Crippen LogP) is 2.19. The summed E-state index contributed by atoms with van der Waals surface area (Å²) in [6, 6.07) is 4.19. The van der Waals surface area contributed by atoms with Gasteiger partial charge in [0.2, 0.25) is 11.4 Å². The van der Waals surface area contributed by atoms with Crippen molar-refractivity contribution < 1.29 is 14.9 Å². The van der Waals surface area contributed by atoms with Crippen molar-refractivity contribution in [3.05, 3.63) is 43.8 Å². The lowest BCUT2D eigenvalue weighted by Crippen LogP contribution is -2.25. The Hall–Kier alpha value is -2.52. The van der Waals surface area contributed by atoms with Crippen LogP contribution in [0, 0.1) is 15.5 Å². The first-order valence-electron chi connectivity index (χ1n) is 5.25. The highest BCUT2D eigenvalue weighted by Gasteiger charge is 2.25. The largest absolute Gasteiger partial charge is 0.432 e. The molecule has 0 atom stereocenters. The van der Waals surface area contributed by atoms with E-state index in [1.165, 1.54) is 18.2 Å². The second-order valence-electron chi connectivity index (χ2n) is 3.72. The summed E-state index contributed by atoms with van der Waals surface area (Å²) in [5.74, 6) is -1.09. The van der Waals surface area contributed by atoms with Crippen molar-refractivity contribution in [2.75, 3.05) is 5.73 Å². The van der Waals surface area contributed by atoms with E-state index in [-0.39, 0.29) is 15.5 Å². The highest BCUT2D eigenvalue weighted by Crippen LogP contribution is 2.33. The van der Waals surface area contributed by atoms with E-state index < -0.39 is 27.9 Å². The maximum Gasteiger partial charge on any atom is 0.376 e. The quantitative estimate of drug-likeness (QED) is 0.447. The third-order valence-electron chi connectivity index (χ3n) is 2.35. The van der Waals surface area contributed by atoms with E-state index in [4.69, 9.17) is 39.1 Å². The van der Waals surface area contributed by atoms with E-state index in [1.807, 2.05) is 0 Å². The summed E-state index contributed by atoms with van der Waals surface area (Å²) in [6.45, 7) is 0. The Morgan fingerprint density at radius 3 is 2.71 bits per heavy atom. The van der Waals surface area contributed by atoms with Crippen LogP contribution in [-0.2, 0) is 0 Å². The first-order valence-corrected chi connectivity index (χ1v) is 6.00. The molecule has 0 fully saturated rings. The number of nitro groups is 1. The molecule has 110 valence electrons. The molecule has 1 aromatic carbocycles. The van der Waals surface area contributed by atoms with Crippen LogP contribution < -0.4 is 16.0 Å². The van der Waals surface area contributed by atoms with Crippen LogP contribution in [0.1, 0.15) is 0 Å². The Balaban J connectivity index is 2.59. The lowest BCUT2D eigenvalue weighted by molar-refractivity contribution is -0.388. The number of nitrogens with two attached hydrogens (primary N) is 1. The van der Waals surface area contributed by atoms with Gasteiger partial charge in [0.05, 0.1) is 9.95 Å². The molecule has 2 rings (SSSR count). The molecule has 0 amide bonds. The number of aromatic nitrogens is 2. The molecular formula is C10H7Cl2N5O4. The fraction of sp³-hybridized carbons (Fsp3) is 0. The van der Waals surface area contributed by atoms with Gasteiger partial charge in [-0.05, 0) is 18.2 Å². The summed E-state index contributed by atoms with van der Waals surface area (Å²) in [5.41, 5.74) is 3.59. The average Bonchev–Trinajstić information content (AvgIpc) is 2.39. The minimum atomic E-state index is -0.930. The standard InChI is InChI=1S/C10H7Cl2N5O4/c11-4-1-2-6(5(12)3-4)21-9-7(17(19)20)8(13)16(18)10(14)15-9/h1-3,13,18H,(H2,14,15). The van der Waals surface area contributed by atoms with Crippen molar-refractivity contribution in [1.29, 1.82) is 5.41 Å². The number of benzene rings is 1. The Labute approximate surface area is 126 Å². The predicted molar refractivity (Wildman–Crippen MR) is 72.9 cm³/mol. The van der Waals surface area contributed by atoms with Crippen molar-refractivity contribution in [1.82, 2.24) is 9.71 Å². The van der Waals surface area contributed by atoms with Crippen LogP contribution in [0.4, 0.5) is 11.6 Å². The SMILES string of the molecule is N=c1c([N+](=O)[O-])c(Oc2ccc(Cl)cc2Cl)nc(N)n1O. The molecule has 0 saturated heterocycles. The minimum absolute atomic E-state index is 0.0335. The van der Waals surface area contributed by atoms with Gasteiger partial charge in [-0.25, -0.2) is 0 Å². The maximum absolute atomic E-state index is 11.0. The molecule has 9 nitrogen and oxygen atoms in total. The summed E-state index contributed by atoms with van der Waals surface area (Å²) < 4.78 is 5.27. The summed E-state index contributed by atoms with van der Waals surface area (Å²) >= 11 is 11.6. The molecule has 0 unspecified atom stereocenters. The van der Waals surface area contributed by atoms with Crippen LogP contribution in [0.3, 0.4) is 0 Å². The molecule has 0 aliphatic rings. The summed E-state index contributed by atoms with van der Waals surface area (Å²) in [4.78, 5) is 13.6. The van der Waals surface area contributed by atoms with Gasteiger partial charge in [0.25, 0.3) is 0 Å². The third kappa shape index (κ3) is 2.83. The topological polar surface area (TPSA) is 140 Å². The van der Waals surface area contributed by atoms with Crippen molar-refractivity contribution in [3.8, 4) is 11.6 Å². The fourth-order valence-corrected chi connectivity index (χ4v) is 1.87. The van der Waals surface area contributed by atoms with Crippen molar-refractivity contribution in [3.63, 3.8) is 0 Å². The van der Waals surface area contributed by atoms with Crippen LogP contribution in [0.15, 0.2) is 18.2 Å². The molecule has 21 heavy (non-hydrogen) atoms. The number of nitrogens with one attached hydrogen (secondary N) is 1. The lowest BCUT2D eigenvalue weighted by Gasteiger charge is -2.09. The van der Waals surface area contributed by atoms with Gasteiger partial charge in [-0.15, -0.1) is 4.73 Å². The number of halogens is 2. The van der Waals surface area contributed by atoms with Gasteiger partial charge >= 0.3 is 11.6 Å². The molecule has 11 heteroatoms. The highest BCUT2D eigenvalue weighted by molar-refractivity contribution is 6.35. The number of rotatable bonds is 3. The number of hydrogen-bond donors (Lipinski definition) is 3. The number of anilines is 1. The monoisotopic (exact) mass is 331 g/mol. The first kappa shape index (κ1) is 14.9. The molecule has 1 heterocycles. The summed E-state index contributed by atoms with van der Waals surface area (Å²) in [6.07, 6.45) is 0. The lowest BCUT2D eigenvalue weighted by atomic mass is 10.3. The molecule has 0 radical (unpaired) electrons. The van der Waals surface area contributed by atoms with Gasteiger partial charge < -0.3 is 15.7 Å². The zero-order valence-electron chi connectivity index (χ0n) is 10.1. The van der Waals surface area contributed by atoms with Crippen LogP contribution in [-0.4, -0.2) is 19.8 Å². The van der Waals surface area contributed by atoms with Gasteiger partial charge in [-0.2, -0.15) is 4.98 Å². The number of ether oxygens (including phenoxy) is 1. The molecule has 0 aliphatic carbocycles. The molecule has 2 aromatic rings. The van der Waals surface area contributed by atoms with E-state index in [0.717, 1.165) is 0 Å². The molecule has 0 aliphatic heterocycles. The third-order valence-corrected chi connectivity index (χ3v) is 2.89. The van der Waals surface area contributed by atoms with Crippen LogP contribution in [0.5, 0.6) is 11.6 Å². The number of nitrogens with zero attached hydrogens (tertiary/aromatic N) is 3. The Kier molecular flexibility index (Phi) is 3.87. The number of hydrogen-bond acceptors (Lipinski definition) is 7. The van der Waals surface area contributed by atoms with E-state index in [2.05, 4.69) is 4.98 Å². The van der Waals surface area contributed by atoms with Gasteiger partial charge in [0.15, 0.2) is 0 Å². The van der Waals surface area contributed by atoms with Crippen LogP contribution in [0.2, 0.25) is 10.0 Å². The van der Waals surface area contributed by atoms with E-state index >= 15 is 0 Å². The zero-order valence-corrected chi connectivity index (χ0v) is 11.6. The smallest absolute Gasteiger partial charge is 0.376 e. The first-order chi connectivity index (χ1) is 9.81. The van der Waals surface area contributed by atoms with Crippen molar-refractivity contribution in [2.45, 2.75) is 0 Å². The normalized spacial score (nSPS) is 10.4. The average molecular weight is 332 g/mol. The molecule has 0 bridgehead atoms. The highest BCUT2D eigenvalue weighted by atomic mass is 35.5. The van der Waals surface area contributed by atoms with Gasteiger partial charge in [-0.3, -0.25) is 15.5 Å². The Bertz CT molecular complexity index is 792. The molecule has 4 N–H and O–H groups in total. The zero-order chi connectivity index (χ0) is 15.7. The summed E-state index contributed by atoms with van der Waals surface area (Å²) in [7, 11) is 0. The second kappa shape index (κ2) is 5.46. The van der Waals surface area contributed by atoms with Gasteiger partial charge in [0, 0.05) is 5.02 Å². The van der Waals surface area contributed by atoms with E-state index in [0.29, 0.717) is 5.02 Å². The maximum atomic E-state index is 11.0. The molecular weight excluding hydrogens is 325 g/mol. The van der Waals surface area contributed by atoms with E-state index in [1.54, 1.807) is 0 Å². The molecule has 0 saturated carbocycles. The van der Waals surface area contributed by atoms with Gasteiger partial charge in [-0.1, -0.05) is 23.2 Å². The van der Waals surface area contributed by atoms with Crippen LogP contribution >= 0.6 is 23.2 Å². The van der Waals surface area contributed by atoms with Crippen LogP contribution in [0.25, 0.3) is 0 Å². The second-order valence-corrected chi connectivity index (χ2v) is 4.56. The van der Waals surface area contributed by atoms with E-state index in [9.17, 15) is 15.3 Å². The van der Waals surface area contributed by atoms with Gasteiger partial charge in [0.1, 0.15) is 5.75 Å². The Morgan fingerprint density at radius 2 is 2.14 bits per heavy atom. The Morgan fingerprint density at radius 1 is 1.48 bits per heavy atom. The molecule has 0 spiro atoms. The molecule has 1 aromatic heterocycles.